The van der Waals surface area contributed by atoms with Gasteiger partial charge in [0.1, 0.15) is 6.61 Å². The normalized spacial score (nSPS) is 14.9. The molecule has 3 nitrogen and oxygen atoms in total. The van der Waals surface area contributed by atoms with Gasteiger partial charge in [-0.3, -0.25) is 0 Å². The number of hydrogen-bond donors (Lipinski definition) is 0. The number of halogens is 1. The van der Waals surface area contributed by atoms with Crippen LogP contribution >= 0.6 is 12.4 Å². The Hall–Kier alpha value is -1.19. The van der Waals surface area contributed by atoms with Gasteiger partial charge in [-0.05, 0) is 57.5 Å². The molecule has 0 N–H and O–H groups in total. The van der Waals surface area contributed by atoms with Crippen molar-refractivity contribution in [3.63, 3.8) is 0 Å². The molecule has 4 heteroatoms. The van der Waals surface area contributed by atoms with Crippen LogP contribution in [0.1, 0.15) is 32.1 Å². The number of rotatable bonds is 9. The number of nitrogens with zero attached hydrogens (tertiary/aromatic N) is 1. The van der Waals surface area contributed by atoms with E-state index < -0.39 is 0 Å². The zero-order chi connectivity index (χ0) is 14.8. The first-order valence-electron chi connectivity index (χ1n) is 8.08. The molecule has 22 heavy (non-hydrogen) atoms. The van der Waals surface area contributed by atoms with Gasteiger partial charge >= 0.3 is 0 Å². The Kier molecular flexibility index (Phi) is 9.76. The van der Waals surface area contributed by atoms with E-state index >= 15 is 0 Å². The molecular formula is C18H28ClNO2. The van der Waals surface area contributed by atoms with Crippen LogP contribution in [0.25, 0.3) is 0 Å². The van der Waals surface area contributed by atoms with E-state index in [9.17, 15) is 0 Å². The first-order valence-corrected chi connectivity index (χ1v) is 8.08. The average molecular weight is 326 g/mol. The van der Waals surface area contributed by atoms with Crippen molar-refractivity contribution in [1.82, 2.24) is 4.90 Å². The molecule has 0 spiro atoms. The summed E-state index contributed by atoms with van der Waals surface area (Å²) in [6.07, 6.45) is 8.17. The molecular weight excluding hydrogens is 298 g/mol. The van der Waals surface area contributed by atoms with Crippen LogP contribution in [0.5, 0.6) is 11.5 Å². The monoisotopic (exact) mass is 325 g/mol. The highest BCUT2D eigenvalue weighted by atomic mass is 35.5. The fourth-order valence-corrected chi connectivity index (χ4v) is 2.64. The molecule has 0 bridgehead atoms. The molecule has 0 atom stereocenters. The van der Waals surface area contributed by atoms with E-state index in [1.54, 1.807) is 6.08 Å². The van der Waals surface area contributed by atoms with Crippen LogP contribution in [0.3, 0.4) is 0 Å². The molecule has 1 heterocycles. The predicted molar refractivity (Wildman–Crippen MR) is 94.4 cm³/mol. The van der Waals surface area contributed by atoms with E-state index in [1.807, 2.05) is 24.3 Å². The second-order valence-corrected chi connectivity index (χ2v) is 5.50. The molecule has 1 aromatic rings. The van der Waals surface area contributed by atoms with Crippen molar-refractivity contribution in [3.05, 3.63) is 36.9 Å². The number of hydrogen-bond acceptors (Lipinski definition) is 3. The van der Waals surface area contributed by atoms with Gasteiger partial charge in [-0.2, -0.15) is 0 Å². The van der Waals surface area contributed by atoms with Crippen LogP contribution in [0, 0.1) is 0 Å². The van der Waals surface area contributed by atoms with Crippen molar-refractivity contribution in [3.8, 4) is 11.5 Å². The zero-order valence-corrected chi connectivity index (χ0v) is 14.2. The van der Waals surface area contributed by atoms with E-state index in [1.165, 1.54) is 45.3 Å². The minimum atomic E-state index is 0. The SMILES string of the molecule is C=CCOc1ccccc1OCCCCN1CCCCC1.Cl. The molecule has 0 aromatic heterocycles. The Bertz CT molecular complexity index is 419. The van der Waals surface area contributed by atoms with Crippen molar-refractivity contribution in [2.24, 2.45) is 0 Å². The van der Waals surface area contributed by atoms with Gasteiger partial charge in [-0.15, -0.1) is 12.4 Å². The van der Waals surface area contributed by atoms with Gasteiger partial charge in [0.15, 0.2) is 11.5 Å². The molecule has 1 saturated heterocycles. The molecule has 0 amide bonds. The van der Waals surface area contributed by atoms with E-state index in [0.717, 1.165) is 24.5 Å². The molecule has 0 aliphatic carbocycles. The third kappa shape index (κ3) is 6.71. The summed E-state index contributed by atoms with van der Waals surface area (Å²) in [6, 6.07) is 7.83. The van der Waals surface area contributed by atoms with Gasteiger partial charge in [0.05, 0.1) is 6.61 Å². The molecule has 1 aromatic carbocycles. The number of para-hydroxylation sites is 2. The van der Waals surface area contributed by atoms with Crippen LogP contribution in [0.2, 0.25) is 0 Å². The number of unbranched alkanes of at least 4 members (excludes halogenated alkanes) is 1. The minimum absolute atomic E-state index is 0. The molecule has 0 unspecified atom stereocenters. The van der Waals surface area contributed by atoms with Gasteiger partial charge in [-0.25, -0.2) is 0 Å². The number of piperidine rings is 1. The summed E-state index contributed by atoms with van der Waals surface area (Å²) in [4.78, 5) is 2.57. The molecule has 0 radical (unpaired) electrons. The van der Waals surface area contributed by atoms with Crippen LogP contribution < -0.4 is 9.47 Å². The molecule has 2 rings (SSSR count). The van der Waals surface area contributed by atoms with Gasteiger partial charge in [-0.1, -0.05) is 31.2 Å². The maximum atomic E-state index is 5.85. The van der Waals surface area contributed by atoms with Crippen LogP contribution in [-0.4, -0.2) is 37.7 Å². The average Bonchev–Trinajstić information content (AvgIpc) is 2.54. The minimum Gasteiger partial charge on any atom is -0.490 e. The Balaban J connectivity index is 0.00000242. The summed E-state index contributed by atoms with van der Waals surface area (Å²) in [5, 5.41) is 0. The lowest BCUT2D eigenvalue weighted by Crippen LogP contribution is -2.30. The second-order valence-electron chi connectivity index (χ2n) is 5.50. The highest BCUT2D eigenvalue weighted by Crippen LogP contribution is 2.26. The summed E-state index contributed by atoms with van der Waals surface area (Å²) in [7, 11) is 0. The van der Waals surface area contributed by atoms with Crippen molar-refractivity contribution < 1.29 is 9.47 Å². The van der Waals surface area contributed by atoms with E-state index in [-0.39, 0.29) is 12.4 Å². The van der Waals surface area contributed by atoms with Gasteiger partial charge in [0, 0.05) is 0 Å². The third-order valence-electron chi connectivity index (χ3n) is 3.78. The van der Waals surface area contributed by atoms with Crippen molar-refractivity contribution in [1.29, 1.82) is 0 Å². The first-order chi connectivity index (χ1) is 10.4. The third-order valence-corrected chi connectivity index (χ3v) is 3.78. The number of benzene rings is 1. The van der Waals surface area contributed by atoms with Gasteiger partial charge < -0.3 is 14.4 Å². The van der Waals surface area contributed by atoms with Crippen molar-refractivity contribution in [2.45, 2.75) is 32.1 Å². The highest BCUT2D eigenvalue weighted by Gasteiger charge is 2.09. The highest BCUT2D eigenvalue weighted by molar-refractivity contribution is 5.85. The fraction of sp³-hybridized carbons (Fsp3) is 0.556. The molecule has 1 fully saturated rings. The molecule has 1 aliphatic rings. The largest absolute Gasteiger partial charge is 0.490 e. The summed E-state index contributed by atoms with van der Waals surface area (Å²) >= 11 is 0. The zero-order valence-electron chi connectivity index (χ0n) is 13.3. The van der Waals surface area contributed by atoms with Crippen LogP contribution in [0.15, 0.2) is 36.9 Å². The molecule has 124 valence electrons. The lowest BCUT2D eigenvalue weighted by atomic mass is 10.1. The van der Waals surface area contributed by atoms with Crippen molar-refractivity contribution in [2.75, 3.05) is 32.8 Å². The summed E-state index contributed by atoms with van der Waals surface area (Å²) in [6.45, 7) is 8.69. The lowest BCUT2D eigenvalue weighted by molar-refractivity contribution is 0.214. The molecule has 1 aliphatic heterocycles. The van der Waals surface area contributed by atoms with E-state index in [4.69, 9.17) is 9.47 Å². The summed E-state index contributed by atoms with van der Waals surface area (Å²) < 4.78 is 11.4. The Morgan fingerprint density at radius 3 is 2.36 bits per heavy atom. The first kappa shape index (κ1) is 18.9. The summed E-state index contributed by atoms with van der Waals surface area (Å²) in [5.41, 5.74) is 0. The topological polar surface area (TPSA) is 21.7 Å². The Morgan fingerprint density at radius 1 is 1.00 bits per heavy atom. The van der Waals surface area contributed by atoms with Crippen molar-refractivity contribution >= 4 is 12.4 Å². The number of likely N-dealkylation sites (tertiary alicyclic amines) is 1. The Morgan fingerprint density at radius 2 is 1.68 bits per heavy atom. The second kappa shape index (κ2) is 11.4. The number of ether oxygens (including phenoxy) is 2. The summed E-state index contributed by atoms with van der Waals surface area (Å²) in [5.74, 6) is 1.63. The maximum Gasteiger partial charge on any atom is 0.161 e. The van der Waals surface area contributed by atoms with Crippen LogP contribution in [0.4, 0.5) is 0 Å². The van der Waals surface area contributed by atoms with Crippen LogP contribution in [-0.2, 0) is 0 Å². The molecule has 0 saturated carbocycles. The van der Waals surface area contributed by atoms with E-state index in [0.29, 0.717) is 6.61 Å². The fourth-order valence-electron chi connectivity index (χ4n) is 2.64. The Labute approximate surface area is 140 Å². The standard InChI is InChI=1S/C18H27NO2.ClH/c1-2-15-20-17-10-4-5-11-18(17)21-16-9-8-14-19-12-6-3-7-13-19;/h2,4-5,10-11H,1,3,6-9,12-16H2;1H. The predicted octanol–water partition coefficient (Wildman–Crippen LogP) is 4.32. The lowest BCUT2D eigenvalue weighted by Gasteiger charge is -2.26. The van der Waals surface area contributed by atoms with Gasteiger partial charge in [0.25, 0.3) is 0 Å². The maximum absolute atomic E-state index is 5.85. The smallest absolute Gasteiger partial charge is 0.161 e. The van der Waals surface area contributed by atoms with E-state index in [2.05, 4.69) is 11.5 Å². The van der Waals surface area contributed by atoms with Gasteiger partial charge in [0.2, 0.25) is 0 Å². The quantitative estimate of drug-likeness (QED) is 0.498.